The van der Waals surface area contributed by atoms with Crippen LogP contribution in [0.5, 0.6) is 0 Å². The summed E-state index contributed by atoms with van der Waals surface area (Å²) in [6.45, 7) is 5.00. The van der Waals surface area contributed by atoms with Crippen molar-refractivity contribution in [2.24, 2.45) is 0 Å². The lowest BCUT2D eigenvalue weighted by atomic mass is 10.4. The Kier molecular flexibility index (Phi) is 4.88. The predicted octanol–water partition coefficient (Wildman–Crippen LogP) is 1.97. The van der Waals surface area contributed by atoms with Crippen molar-refractivity contribution >= 4 is 66.1 Å². The molecule has 0 saturated carbocycles. The molecular formula is C5H11I3N2Si. The van der Waals surface area contributed by atoms with Gasteiger partial charge in [-0.15, -0.1) is 0 Å². The molecule has 0 aliphatic carbocycles. The van der Waals surface area contributed by atoms with E-state index in [-0.39, 0.29) is 0 Å². The van der Waals surface area contributed by atoms with Gasteiger partial charge in [-0.2, -0.15) is 0 Å². The number of rotatable bonds is 1. The fourth-order valence-electron chi connectivity index (χ4n) is 1.06. The van der Waals surface area contributed by atoms with Crippen LogP contribution in [0.3, 0.4) is 0 Å². The van der Waals surface area contributed by atoms with Crippen LogP contribution in [0, 0.1) is 0 Å². The summed E-state index contributed by atoms with van der Waals surface area (Å²) in [5.74, 6) is 0. The van der Waals surface area contributed by atoms with E-state index >= 15 is 0 Å². The third-order valence-corrected chi connectivity index (χ3v) is 9.17. The van der Waals surface area contributed by atoms with Crippen molar-refractivity contribution in [3.05, 3.63) is 0 Å². The zero-order chi connectivity index (χ0) is 8.48. The molecule has 1 fully saturated rings. The summed E-state index contributed by atoms with van der Waals surface area (Å²) in [5.41, 5.74) is 0. The number of nitrogens with zero attached hydrogens (tertiary/aromatic N) is 2. The highest BCUT2D eigenvalue weighted by Crippen LogP contribution is 2.33. The minimum Gasteiger partial charge on any atom is -0.304 e. The molecule has 66 valence electrons. The molecule has 2 nitrogen and oxygen atoms in total. The van der Waals surface area contributed by atoms with Gasteiger partial charge in [-0.25, -0.2) is 0 Å². The second-order valence-electron chi connectivity index (χ2n) is 2.76. The maximum atomic E-state index is 2.65. The van der Waals surface area contributed by atoms with Crippen LogP contribution in [0.25, 0.3) is 0 Å². The minimum atomic E-state index is -1.07. The van der Waals surface area contributed by atoms with Crippen LogP contribution >= 0.6 is 65.4 Å². The fraction of sp³-hybridized carbons (Fsp3) is 1.00. The van der Waals surface area contributed by atoms with Gasteiger partial charge in [-0.1, -0.05) is 65.4 Å². The highest BCUT2D eigenvalue weighted by molar-refractivity contribution is 14.4. The predicted molar refractivity (Wildman–Crippen MR) is 76.9 cm³/mol. The topological polar surface area (TPSA) is 6.48 Å². The zero-order valence-electron chi connectivity index (χ0n) is 6.36. The first kappa shape index (κ1) is 11.4. The lowest BCUT2D eigenvalue weighted by Crippen LogP contribution is -2.51. The summed E-state index contributed by atoms with van der Waals surface area (Å²) < 4.78 is 1.58. The van der Waals surface area contributed by atoms with E-state index < -0.39 is 0.725 Å². The highest BCUT2D eigenvalue weighted by Gasteiger charge is 2.32. The van der Waals surface area contributed by atoms with Crippen LogP contribution in [0.2, 0.25) is 0 Å². The molecular weight excluding hydrogens is 497 g/mol. The van der Waals surface area contributed by atoms with E-state index in [1.165, 1.54) is 26.2 Å². The third-order valence-electron chi connectivity index (χ3n) is 1.86. The van der Waals surface area contributed by atoms with E-state index in [4.69, 9.17) is 0 Å². The summed E-state index contributed by atoms with van der Waals surface area (Å²) in [7, 11) is 2.20. The van der Waals surface area contributed by atoms with E-state index in [1.807, 2.05) is 0 Å². The van der Waals surface area contributed by atoms with Gasteiger partial charge in [0, 0.05) is 26.2 Å². The van der Waals surface area contributed by atoms with Crippen molar-refractivity contribution in [1.29, 1.82) is 0 Å². The van der Waals surface area contributed by atoms with Gasteiger partial charge in [0.15, 0.2) is 0 Å². The summed E-state index contributed by atoms with van der Waals surface area (Å²) >= 11 is 7.87. The molecule has 11 heavy (non-hydrogen) atoms. The van der Waals surface area contributed by atoms with Gasteiger partial charge in [0.2, 0.25) is 0 Å². The summed E-state index contributed by atoms with van der Waals surface area (Å²) in [5, 5.41) is 0. The van der Waals surface area contributed by atoms with Crippen molar-refractivity contribution in [3.63, 3.8) is 0 Å². The van der Waals surface area contributed by atoms with Gasteiger partial charge in [-0.3, -0.25) is 4.57 Å². The molecule has 0 spiro atoms. The van der Waals surface area contributed by atoms with Crippen molar-refractivity contribution < 1.29 is 0 Å². The Labute approximate surface area is 107 Å². The first-order valence-electron chi connectivity index (χ1n) is 3.50. The normalized spacial score (nSPS) is 24.0. The van der Waals surface area contributed by atoms with Gasteiger partial charge in [0.25, 0.3) is 0 Å². The Morgan fingerprint density at radius 3 is 1.82 bits per heavy atom. The van der Waals surface area contributed by atoms with Crippen LogP contribution in [-0.2, 0) is 0 Å². The zero-order valence-corrected chi connectivity index (χ0v) is 13.8. The smallest absolute Gasteiger partial charge is 0.304 e. The van der Waals surface area contributed by atoms with Crippen LogP contribution in [0.1, 0.15) is 0 Å². The van der Waals surface area contributed by atoms with Crippen molar-refractivity contribution in [2.75, 3.05) is 33.2 Å². The number of likely N-dealkylation sites (N-methyl/N-ethyl adjacent to an activating group) is 1. The largest absolute Gasteiger partial charge is 0.329 e. The molecule has 0 unspecified atom stereocenters. The van der Waals surface area contributed by atoms with Gasteiger partial charge in [0.05, 0.1) is 0 Å². The van der Waals surface area contributed by atoms with Crippen molar-refractivity contribution in [3.8, 4) is 0 Å². The molecule has 0 aromatic rings. The SMILES string of the molecule is CN1CCN([Si](I)(I)I)CC1. The van der Waals surface area contributed by atoms with E-state index in [9.17, 15) is 0 Å². The number of hydrogen-bond acceptors (Lipinski definition) is 2. The summed E-state index contributed by atoms with van der Waals surface area (Å²) in [4.78, 5) is 2.40. The van der Waals surface area contributed by atoms with Crippen LogP contribution in [-0.4, -0.2) is 43.4 Å². The average molecular weight is 508 g/mol. The molecule has 0 N–H and O–H groups in total. The molecule has 0 radical (unpaired) electrons. The maximum Gasteiger partial charge on any atom is 0.329 e. The van der Waals surface area contributed by atoms with E-state index in [0.717, 1.165) is 0 Å². The van der Waals surface area contributed by atoms with Crippen LogP contribution in [0.4, 0.5) is 0 Å². The molecule has 0 amide bonds. The Balaban J connectivity index is 2.39. The molecule has 6 heteroatoms. The molecule has 1 aliphatic rings. The minimum absolute atomic E-state index is 1.07. The Morgan fingerprint density at radius 2 is 1.45 bits per heavy atom. The van der Waals surface area contributed by atoms with Crippen LogP contribution in [0.15, 0.2) is 0 Å². The molecule has 1 aliphatic heterocycles. The van der Waals surface area contributed by atoms with Crippen molar-refractivity contribution in [1.82, 2.24) is 9.47 Å². The van der Waals surface area contributed by atoms with Crippen molar-refractivity contribution in [2.45, 2.75) is 0 Å². The maximum absolute atomic E-state index is 2.65. The van der Waals surface area contributed by atoms with Gasteiger partial charge in [-0.05, 0) is 7.05 Å². The molecule has 0 aromatic heterocycles. The summed E-state index contributed by atoms with van der Waals surface area (Å²) in [6, 6.07) is 0. The first-order chi connectivity index (χ1) is 5.00. The molecule has 1 rings (SSSR count). The van der Waals surface area contributed by atoms with E-state index in [1.54, 1.807) is 0 Å². The number of hydrogen-bond donors (Lipinski definition) is 0. The van der Waals surface area contributed by atoms with E-state index in [2.05, 4.69) is 81.9 Å². The Bertz CT molecular complexity index is 130. The highest BCUT2D eigenvalue weighted by atomic mass is 127. The summed E-state index contributed by atoms with van der Waals surface area (Å²) in [6.07, 6.45) is 0. The lowest BCUT2D eigenvalue weighted by Gasteiger charge is -2.36. The quantitative estimate of drug-likeness (QED) is 0.304. The molecule has 0 bridgehead atoms. The van der Waals surface area contributed by atoms with E-state index in [0.29, 0.717) is 0 Å². The fourth-order valence-corrected chi connectivity index (χ4v) is 6.11. The Morgan fingerprint density at radius 1 is 1.00 bits per heavy atom. The second-order valence-corrected chi connectivity index (χ2v) is 37.0. The standard InChI is InChI=1S/C5H11I3N2Si/c1-9-2-4-10(5-3-9)11(6,7)8/h2-5H2,1H3. The van der Waals surface area contributed by atoms with Gasteiger partial charge in [0.1, 0.15) is 0 Å². The molecule has 0 aromatic carbocycles. The lowest BCUT2D eigenvalue weighted by molar-refractivity contribution is 0.226. The average Bonchev–Trinajstić information content (AvgIpc) is 1.86. The monoisotopic (exact) mass is 508 g/mol. The number of halogens is 3. The Hall–Kier alpha value is 2.33. The van der Waals surface area contributed by atoms with Gasteiger partial charge >= 0.3 is 0.725 Å². The third kappa shape index (κ3) is 3.91. The molecule has 0 atom stereocenters. The van der Waals surface area contributed by atoms with Gasteiger partial charge < -0.3 is 4.90 Å². The molecule has 1 heterocycles. The first-order valence-corrected chi connectivity index (χ1v) is 14.8. The second kappa shape index (κ2) is 4.71. The number of piperazine rings is 1. The molecule has 1 saturated heterocycles. The van der Waals surface area contributed by atoms with Crippen LogP contribution < -0.4 is 0 Å².